The molecule has 1 atom stereocenters. The molecule has 7 heteroatoms. The van der Waals surface area contributed by atoms with Gasteiger partial charge in [-0.05, 0) is 44.7 Å². The fraction of sp³-hybridized carbons (Fsp3) is 0.476. The van der Waals surface area contributed by atoms with Gasteiger partial charge in [0, 0.05) is 11.7 Å². The lowest BCUT2D eigenvalue weighted by molar-refractivity contribution is -0.113. The molecule has 0 saturated carbocycles. The molecular formula is C21H29N3O3S. The number of aromatic nitrogens is 2. The Morgan fingerprint density at radius 2 is 1.93 bits per heavy atom. The van der Waals surface area contributed by atoms with E-state index < -0.39 is 0 Å². The number of nitrogens with zero attached hydrogens (tertiary/aromatic N) is 2. The van der Waals surface area contributed by atoms with Crippen molar-refractivity contribution in [3.8, 4) is 5.88 Å². The Bertz CT molecular complexity index is 888. The number of amides is 1. The molecule has 1 aromatic heterocycles. The average molecular weight is 404 g/mol. The molecule has 0 spiro atoms. The Labute approximate surface area is 170 Å². The molecule has 2 aromatic rings. The van der Waals surface area contributed by atoms with Gasteiger partial charge in [0.15, 0.2) is 5.16 Å². The topological polar surface area (TPSA) is 84.2 Å². The molecule has 0 saturated heterocycles. The molecule has 0 bridgehead atoms. The minimum absolute atomic E-state index is 0.0555. The van der Waals surface area contributed by atoms with Gasteiger partial charge in [-0.2, -0.15) is 4.98 Å². The van der Waals surface area contributed by atoms with Gasteiger partial charge in [0.2, 0.25) is 11.8 Å². The van der Waals surface area contributed by atoms with E-state index in [4.69, 9.17) is 0 Å². The number of anilines is 1. The van der Waals surface area contributed by atoms with E-state index in [1.165, 1.54) is 11.8 Å². The van der Waals surface area contributed by atoms with Crippen LogP contribution in [0.3, 0.4) is 0 Å². The van der Waals surface area contributed by atoms with Crippen LogP contribution in [0.1, 0.15) is 56.3 Å². The highest BCUT2D eigenvalue weighted by Crippen LogP contribution is 2.25. The van der Waals surface area contributed by atoms with E-state index in [9.17, 15) is 14.7 Å². The van der Waals surface area contributed by atoms with Crippen molar-refractivity contribution in [1.29, 1.82) is 0 Å². The molecule has 1 heterocycles. The van der Waals surface area contributed by atoms with Crippen molar-refractivity contribution in [2.75, 3.05) is 11.1 Å². The van der Waals surface area contributed by atoms with E-state index in [1.54, 1.807) is 4.57 Å². The van der Waals surface area contributed by atoms with Crippen LogP contribution < -0.4 is 10.9 Å². The number of rotatable bonds is 8. The summed E-state index contributed by atoms with van der Waals surface area (Å²) >= 11 is 1.17. The summed E-state index contributed by atoms with van der Waals surface area (Å²) in [6, 6.07) is 5.79. The third-order valence-corrected chi connectivity index (χ3v) is 5.69. The Balaban J connectivity index is 2.25. The summed E-state index contributed by atoms with van der Waals surface area (Å²) in [5.41, 5.74) is 2.88. The maximum absolute atomic E-state index is 12.8. The average Bonchev–Trinajstić information content (AvgIpc) is 2.63. The first-order chi connectivity index (χ1) is 13.3. The van der Waals surface area contributed by atoms with Crippen LogP contribution in [-0.2, 0) is 11.2 Å². The fourth-order valence-corrected chi connectivity index (χ4v) is 4.09. The summed E-state index contributed by atoms with van der Waals surface area (Å²) in [6.07, 6.45) is 2.15. The highest BCUT2D eigenvalue weighted by atomic mass is 32.2. The molecule has 28 heavy (non-hydrogen) atoms. The quantitative estimate of drug-likeness (QED) is 0.509. The number of hydrogen-bond acceptors (Lipinski definition) is 5. The van der Waals surface area contributed by atoms with Gasteiger partial charge in [-0.1, -0.05) is 50.2 Å². The molecule has 0 aliphatic rings. The number of aromatic hydroxyl groups is 1. The fourth-order valence-electron chi connectivity index (χ4n) is 3.20. The van der Waals surface area contributed by atoms with Crippen molar-refractivity contribution < 1.29 is 9.90 Å². The zero-order valence-electron chi connectivity index (χ0n) is 17.2. The Kier molecular flexibility index (Phi) is 7.69. The van der Waals surface area contributed by atoms with Gasteiger partial charge in [-0.3, -0.25) is 14.2 Å². The number of carbonyl (C=O) groups excluding carboxylic acids is 1. The molecular weight excluding hydrogens is 374 g/mol. The van der Waals surface area contributed by atoms with Crippen LogP contribution in [0.15, 0.2) is 28.2 Å². The van der Waals surface area contributed by atoms with Gasteiger partial charge in [0.25, 0.3) is 5.56 Å². The normalized spacial score (nSPS) is 12.0. The van der Waals surface area contributed by atoms with Gasteiger partial charge in [0.1, 0.15) is 0 Å². The predicted molar refractivity (Wildman–Crippen MR) is 114 cm³/mol. The van der Waals surface area contributed by atoms with E-state index in [1.807, 2.05) is 45.9 Å². The maximum atomic E-state index is 12.8. The molecule has 1 aromatic carbocycles. The molecule has 1 unspecified atom stereocenters. The number of para-hydroxylation sites is 1. The summed E-state index contributed by atoms with van der Waals surface area (Å²) in [5.74, 6) is -0.320. The SMILES string of the molecule is CCCC(C)n1c(SCC(=O)Nc2c(C)cccc2C)nc(O)c(CC)c1=O. The number of carbonyl (C=O) groups is 1. The summed E-state index contributed by atoms with van der Waals surface area (Å²) in [7, 11) is 0. The van der Waals surface area contributed by atoms with E-state index in [-0.39, 0.29) is 29.1 Å². The van der Waals surface area contributed by atoms with Crippen molar-refractivity contribution >= 4 is 23.4 Å². The van der Waals surface area contributed by atoms with Crippen LogP contribution >= 0.6 is 11.8 Å². The van der Waals surface area contributed by atoms with Crippen molar-refractivity contribution in [1.82, 2.24) is 9.55 Å². The van der Waals surface area contributed by atoms with Crippen LogP contribution in [-0.4, -0.2) is 26.3 Å². The molecule has 0 fully saturated rings. The molecule has 1 amide bonds. The molecule has 0 aliphatic heterocycles. The zero-order valence-corrected chi connectivity index (χ0v) is 18.0. The lowest BCUT2D eigenvalue weighted by Gasteiger charge is -2.19. The predicted octanol–water partition coefficient (Wildman–Crippen LogP) is 4.22. The largest absolute Gasteiger partial charge is 0.493 e. The van der Waals surface area contributed by atoms with Gasteiger partial charge >= 0.3 is 0 Å². The van der Waals surface area contributed by atoms with Crippen molar-refractivity contribution in [3.05, 3.63) is 45.2 Å². The van der Waals surface area contributed by atoms with Crippen LogP contribution in [0.5, 0.6) is 5.88 Å². The minimum atomic E-state index is -0.245. The molecule has 2 rings (SSSR count). The molecule has 2 N–H and O–H groups in total. The zero-order chi connectivity index (χ0) is 20.8. The third-order valence-electron chi connectivity index (χ3n) is 4.73. The first kappa shape index (κ1) is 22.0. The molecule has 0 radical (unpaired) electrons. The number of benzene rings is 1. The summed E-state index contributed by atoms with van der Waals surface area (Å²) < 4.78 is 1.61. The maximum Gasteiger partial charge on any atom is 0.261 e. The monoisotopic (exact) mass is 403 g/mol. The second kappa shape index (κ2) is 9.78. The van der Waals surface area contributed by atoms with Crippen molar-refractivity contribution in [2.45, 2.75) is 65.1 Å². The molecule has 0 aliphatic carbocycles. The van der Waals surface area contributed by atoms with Crippen LogP contribution in [0, 0.1) is 13.8 Å². The van der Waals surface area contributed by atoms with Gasteiger partial charge in [0.05, 0.1) is 11.3 Å². The summed E-state index contributed by atoms with van der Waals surface area (Å²) in [4.78, 5) is 29.5. The lowest BCUT2D eigenvalue weighted by Crippen LogP contribution is -2.29. The van der Waals surface area contributed by atoms with E-state index in [0.29, 0.717) is 17.1 Å². The lowest BCUT2D eigenvalue weighted by atomic mass is 10.1. The van der Waals surface area contributed by atoms with Gasteiger partial charge in [-0.15, -0.1) is 0 Å². The number of thioether (sulfide) groups is 1. The highest BCUT2D eigenvalue weighted by Gasteiger charge is 2.20. The smallest absolute Gasteiger partial charge is 0.261 e. The number of nitrogens with one attached hydrogen (secondary N) is 1. The number of hydrogen-bond donors (Lipinski definition) is 2. The second-order valence-electron chi connectivity index (χ2n) is 6.97. The summed E-state index contributed by atoms with van der Waals surface area (Å²) in [5, 5.41) is 13.5. The van der Waals surface area contributed by atoms with Crippen LogP contribution in [0.2, 0.25) is 0 Å². The first-order valence-corrected chi connectivity index (χ1v) is 10.6. The van der Waals surface area contributed by atoms with E-state index >= 15 is 0 Å². The first-order valence-electron chi connectivity index (χ1n) is 9.63. The number of aryl methyl sites for hydroxylation is 2. The molecule has 152 valence electrons. The third kappa shape index (κ3) is 4.95. The summed E-state index contributed by atoms with van der Waals surface area (Å²) in [6.45, 7) is 9.73. The molecule has 6 nitrogen and oxygen atoms in total. The Morgan fingerprint density at radius 1 is 1.29 bits per heavy atom. The Hall–Kier alpha value is -2.28. The van der Waals surface area contributed by atoms with E-state index in [0.717, 1.165) is 29.7 Å². The second-order valence-corrected chi connectivity index (χ2v) is 7.91. The van der Waals surface area contributed by atoms with Crippen molar-refractivity contribution in [3.63, 3.8) is 0 Å². The van der Waals surface area contributed by atoms with E-state index in [2.05, 4.69) is 17.2 Å². The van der Waals surface area contributed by atoms with Crippen molar-refractivity contribution in [2.24, 2.45) is 0 Å². The van der Waals surface area contributed by atoms with Gasteiger partial charge < -0.3 is 10.4 Å². The minimum Gasteiger partial charge on any atom is -0.493 e. The van der Waals surface area contributed by atoms with Crippen LogP contribution in [0.25, 0.3) is 0 Å². The standard InChI is InChI=1S/C21H29N3O3S/c1-6-9-15(5)24-20(27)16(7-2)19(26)23-21(24)28-12-17(25)22-18-13(3)10-8-11-14(18)4/h8,10-11,15,26H,6-7,9,12H2,1-5H3,(H,22,25). The highest BCUT2D eigenvalue weighted by molar-refractivity contribution is 7.99. The Morgan fingerprint density at radius 3 is 2.50 bits per heavy atom. The van der Waals surface area contributed by atoms with Gasteiger partial charge in [-0.25, -0.2) is 0 Å². The van der Waals surface area contributed by atoms with Crippen LogP contribution in [0.4, 0.5) is 5.69 Å².